The Balaban J connectivity index is 1.71. The van der Waals surface area contributed by atoms with Crippen LogP contribution < -0.4 is 4.90 Å². The van der Waals surface area contributed by atoms with Crippen LogP contribution in [0, 0.1) is 0 Å². The molecular formula is C22H24N2O2S3. The number of amides is 1. The Bertz CT molecular complexity index is 999. The lowest BCUT2D eigenvalue weighted by atomic mass is 10.2. The van der Waals surface area contributed by atoms with Gasteiger partial charge in [0.05, 0.1) is 22.9 Å². The van der Waals surface area contributed by atoms with Gasteiger partial charge in [-0.15, -0.1) is 23.5 Å². The Morgan fingerprint density at radius 2 is 2.17 bits per heavy atom. The molecule has 2 aromatic carbocycles. The molecule has 29 heavy (non-hydrogen) atoms. The Morgan fingerprint density at radius 1 is 1.31 bits per heavy atom. The molecule has 0 radical (unpaired) electrons. The van der Waals surface area contributed by atoms with E-state index in [0.717, 1.165) is 50.3 Å². The zero-order valence-electron chi connectivity index (χ0n) is 16.6. The largest absolute Gasteiger partial charge is 0.376 e. The third kappa shape index (κ3) is 4.63. The highest BCUT2D eigenvalue weighted by Crippen LogP contribution is 2.35. The van der Waals surface area contributed by atoms with Crippen LogP contribution in [0.25, 0.3) is 10.2 Å². The molecular weight excluding hydrogens is 420 g/mol. The highest BCUT2D eigenvalue weighted by molar-refractivity contribution is 7.99. The SMILES string of the molecule is CCSc1cccc(C(=O)N(CC2CCCO2)c2nc3c(SC)cccc3s2)c1. The van der Waals surface area contributed by atoms with E-state index in [2.05, 4.69) is 31.4 Å². The minimum Gasteiger partial charge on any atom is -0.376 e. The van der Waals surface area contributed by atoms with Crippen LogP contribution in [0.4, 0.5) is 5.13 Å². The van der Waals surface area contributed by atoms with Crippen LogP contribution in [-0.4, -0.2) is 42.2 Å². The van der Waals surface area contributed by atoms with Crippen molar-refractivity contribution < 1.29 is 9.53 Å². The quantitative estimate of drug-likeness (QED) is 0.421. The van der Waals surface area contributed by atoms with Crippen LogP contribution in [0.5, 0.6) is 0 Å². The number of carbonyl (C=O) groups is 1. The molecule has 0 N–H and O–H groups in total. The van der Waals surface area contributed by atoms with Gasteiger partial charge in [0.1, 0.15) is 0 Å². The zero-order valence-corrected chi connectivity index (χ0v) is 19.0. The molecule has 1 unspecified atom stereocenters. The first-order valence-electron chi connectivity index (χ1n) is 9.79. The van der Waals surface area contributed by atoms with E-state index in [1.807, 2.05) is 29.2 Å². The average molecular weight is 445 g/mol. The van der Waals surface area contributed by atoms with Crippen LogP contribution in [0.2, 0.25) is 0 Å². The minimum absolute atomic E-state index is 0.0104. The van der Waals surface area contributed by atoms with Gasteiger partial charge in [-0.2, -0.15) is 0 Å². The van der Waals surface area contributed by atoms with Gasteiger partial charge in [-0.05, 0) is 55.2 Å². The van der Waals surface area contributed by atoms with E-state index in [0.29, 0.717) is 12.1 Å². The van der Waals surface area contributed by atoms with Gasteiger partial charge in [0.15, 0.2) is 5.13 Å². The van der Waals surface area contributed by atoms with Gasteiger partial charge in [-0.25, -0.2) is 4.98 Å². The summed E-state index contributed by atoms with van der Waals surface area (Å²) in [5, 5.41) is 0.746. The fourth-order valence-electron chi connectivity index (χ4n) is 3.47. The van der Waals surface area contributed by atoms with E-state index in [1.165, 1.54) is 0 Å². The number of fused-ring (bicyclic) bond motifs is 1. The lowest BCUT2D eigenvalue weighted by Crippen LogP contribution is -2.37. The van der Waals surface area contributed by atoms with Crippen molar-refractivity contribution in [1.29, 1.82) is 0 Å². The van der Waals surface area contributed by atoms with Crippen LogP contribution in [0.1, 0.15) is 30.1 Å². The number of hydrogen-bond donors (Lipinski definition) is 0. The fraction of sp³-hybridized carbons (Fsp3) is 0.364. The second kappa shape index (κ2) is 9.51. The van der Waals surface area contributed by atoms with E-state index in [1.54, 1.807) is 34.9 Å². The Morgan fingerprint density at radius 3 is 2.93 bits per heavy atom. The number of anilines is 1. The highest BCUT2D eigenvalue weighted by atomic mass is 32.2. The van der Waals surface area contributed by atoms with E-state index in [4.69, 9.17) is 9.72 Å². The monoisotopic (exact) mass is 444 g/mol. The van der Waals surface area contributed by atoms with Gasteiger partial charge in [-0.3, -0.25) is 9.69 Å². The molecule has 0 aliphatic carbocycles. The van der Waals surface area contributed by atoms with Gasteiger partial charge >= 0.3 is 0 Å². The highest BCUT2D eigenvalue weighted by Gasteiger charge is 2.27. The fourth-order valence-corrected chi connectivity index (χ4v) is 5.82. The number of hydrogen-bond acceptors (Lipinski definition) is 6. The summed E-state index contributed by atoms with van der Waals surface area (Å²) in [5.41, 5.74) is 1.67. The normalized spacial score (nSPS) is 16.4. The van der Waals surface area contributed by atoms with Crippen molar-refractivity contribution in [2.45, 2.75) is 35.7 Å². The van der Waals surface area contributed by atoms with Crippen LogP contribution >= 0.6 is 34.9 Å². The summed E-state index contributed by atoms with van der Waals surface area (Å²) in [4.78, 5) is 22.5. The average Bonchev–Trinajstić information content (AvgIpc) is 3.41. The second-order valence-electron chi connectivity index (χ2n) is 6.82. The van der Waals surface area contributed by atoms with E-state index < -0.39 is 0 Å². The summed E-state index contributed by atoms with van der Waals surface area (Å²) in [6.45, 7) is 3.43. The summed E-state index contributed by atoms with van der Waals surface area (Å²) >= 11 is 5.00. The zero-order chi connectivity index (χ0) is 20.2. The number of benzene rings is 2. The first kappa shape index (κ1) is 20.7. The second-order valence-corrected chi connectivity index (χ2v) is 10.0. The molecule has 0 spiro atoms. The maximum absolute atomic E-state index is 13.5. The number of rotatable bonds is 7. The molecule has 1 aliphatic rings. The molecule has 152 valence electrons. The first-order chi connectivity index (χ1) is 14.2. The van der Waals surface area contributed by atoms with Crippen molar-refractivity contribution in [3.8, 4) is 0 Å². The van der Waals surface area contributed by atoms with Crippen LogP contribution in [0.15, 0.2) is 52.3 Å². The number of thioether (sulfide) groups is 2. The van der Waals surface area contributed by atoms with Gasteiger partial charge in [-0.1, -0.05) is 30.4 Å². The summed E-state index contributed by atoms with van der Waals surface area (Å²) in [6.07, 6.45) is 4.15. The molecule has 4 nitrogen and oxygen atoms in total. The smallest absolute Gasteiger partial charge is 0.260 e. The number of ether oxygens (including phenoxy) is 1. The maximum Gasteiger partial charge on any atom is 0.260 e. The van der Waals surface area contributed by atoms with Gasteiger partial charge in [0.25, 0.3) is 5.91 Å². The first-order valence-corrected chi connectivity index (χ1v) is 12.8. The molecule has 4 rings (SSSR count). The third-order valence-corrected chi connectivity index (χ3v) is 7.56. The third-order valence-electron chi connectivity index (χ3n) is 4.87. The summed E-state index contributed by atoms with van der Waals surface area (Å²) in [5.74, 6) is 0.968. The molecule has 1 atom stereocenters. The lowest BCUT2D eigenvalue weighted by molar-refractivity contribution is 0.0917. The lowest BCUT2D eigenvalue weighted by Gasteiger charge is -2.23. The number of nitrogens with zero attached hydrogens (tertiary/aromatic N) is 2. The van der Waals surface area contributed by atoms with Crippen LogP contribution in [0.3, 0.4) is 0 Å². The molecule has 0 saturated carbocycles. The maximum atomic E-state index is 13.5. The summed E-state index contributed by atoms with van der Waals surface area (Å²) < 4.78 is 6.95. The van der Waals surface area contributed by atoms with Crippen molar-refractivity contribution >= 4 is 56.1 Å². The Kier molecular flexibility index (Phi) is 6.80. The summed E-state index contributed by atoms with van der Waals surface area (Å²) in [6, 6.07) is 14.1. The molecule has 1 aliphatic heterocycles. The minimum atomic E-state index is -0.0104. The van der Waals surface area contributed by atoms with Crippen molar-refractivity contribution in [3.63, 3.8) is 0 Å². The molecule has 2 heterocycles. The van der Waals surface area contributed by atoms with Gasteiger partial charge in [0, 0.05) is 22.0 Å². The molecule has 1 fully saturated rings. The van der Waals surface area contributed by atoms with E-state index >= 15 is 0 Å². The van der Waals surface area contributed by atoms with Crippen molar-refractivity contribution in [3.05, 3.63) is 48.0 Å². The van der Waals surface area contributed by atoms with Crippen LogP contribution in [-0.2, 0) is 4.74 Å². The molecule has 1 aromatic heterocycles. The Hall–Kier alpha value is -1.54. The van der Waals surface area contributed by atoms with Gasteiger partial charge in [0.2, 0.25) is 0 Å². The van der Waals surface area contributed by atoms with Gasteiger partial charge < -0.3 is 4.74 Å². The number of para-hydroxylation sites is 1. The molecule has 7 heteroatoms. The predicted octanol–water partition coefficient (Wildman–Crippen LogP) is 5.96. The topological polar surface area (TPSA) is 42.4 Å². The predicted molar refractivity (Wildman–Crippen MR) is 125 cm³/mol. The van der Waals surface area contributed by atoms with Crippen molar-refractivity contribution in [2.75, 3.05) is 30.1 Å². The summed E-state index contributed by atoms with van der Waals surface area (Å²) in [7, 11) is 0. The molecule has 1 saturated heterocycles. The molecule has 1 amide bonds. The standard InChI is InChI=1S/C22H24N2O2S3/c1-3-28-17-9-4-7-15(13-17)21(25)24(14-16-8-6-12-26-16)22-23-20-18(27-2)10-5-11-19(20)29-22/h4-5,7,9-11,13,16H,3,6,8,12,14H2,1-2H3. The molecule has 0 bridgehead atoms. The molecule has 3 aromatic rings. The number of carbonyl (C=O) groups excluding carboxylic acids is 1. The van der Waals surface area contributed by atoms with E-state index in [-0.39, 0.29) is 12.0 Å². The van der Waals surface area contributed by atoms with Crippen molar-refractivity contribution in [2.24, 2.45) is 0 Å². The Labute approximate surface area is 184 Å². The van der Waals surface area contributed by atoms with E-state index in [9.17, 15) is 4.79 Å². The van der Waals surface area contributed by atoms with Crippen molar-refractivity contribution in [1.82, 2.24) is 4.98 Å². The number of aromatic nitrogens is 1. The number of thiazole rings is 1.